The minimum Gasteiger partial charge on any atom is -0.508 e. The van der Waals surface area contributed by atoms with Crippen molar-refractivity contribution in [1.82, 2.24) is 25.1 Å². The monoisotopic (exact) mass is 491 g/mol. The maximum atomic E-state index is 12.9. The molecule has 37 heavy (non-hydrogen) atoms. The third kappa shape index (κ3) is 4.48. The zero-order valence-electron chi connectivity index (χ0n) is 20.8. The lowest BCUT2D eigenvalue weighted by atomic mass is 9.97. The highest BCUT2D eigenvalue weighted by atomic mass is 16.3. The van der Waals surface area contributed by atoms with Gasteiger partial charge in [-0.05, 0) is 59.4 Å². The molecular formula is C30H29N5O2. The van der Waals surface area contributed by atoms with Crippen LogP contribution in [0.2, 0.25) is 0 Å². The fraction of sp³-hybridized carbons (Fsp3) is 0.233. The number of aromatic hydroxyl groups is 1. The second-order valence-corrected chi connectivity index (χ2v) is 9.59. The van der Waals surface area contributed by atoms with Gasteiger partial charge in [0.05, 0.1) is 23.4 Å². The van der Waals surface area contributed by atoms with Crippen molar-refractivity contribution in [3.05, 3.63) is 89.2 Å². The first-order valence-electron chi connectivity index (χ1n) is 12.8. The van der Waals surface area contributed by atoms with Crippen molar-refractivity contribution in [2.24, 2.45) is 0 Å². The van der Waals surface area contributed by atoms with E-state index in [0.717, 1.165) is 69.8 Å². The number of aromatic nitrogens is 4. The van der Waals surface area contributed by atoms with E-state index in [2.05, 4.69) is 52.4 Å². The summed E-state index contributed by atoms with van der Waals surface area (Å²) in [6.45, 7) is 3.31. The molecule has 0 atom stereocenters. The van der Waals surface area contributed by atoms with E-state index in [1.807, 2.05) is 35.2 Å². The summed E-state index contributed by atoms with van der Waals surface area (Å²) in [7, 11) is 0. The molecule has 3 heterocycles. The van der Waals surface area contributed by atoms with E-state index in [4.69, 9.17) is 4.98 Å². The number of amides is 1. The SMILES string of the molecule is CCc1cc(O)ccc1-c1ccc2c(-c3nc4c([nH]3)CN(C(=O)CCc3ccccc3)CC4)n[nH]c2c1. The van der Waals surface area contributed by atoms with Gasteiger partial charge in [0.15, 0.2) is 5.82 Å². The van der Waals surface area contributed by atoms with Crippen LogP contribution >= 0.6 is 0 Å². The summed E-state index contributed by atoms with van der Waals surface area (Å²) < 4.78 is 0. The predicted octanol–water partition coefficient (Wildman–Crippen LogP) is 5.41. The molecule has 0 spiro atoms. The Morgan fingerprint density at radius 2 is 1.95 bits per heavy atom. The highest BCUT2D eigenvalue weighted by Crippen LogP contribution is 2.33. The lowest BCUT2D eigenvalue weighted by Crippen LogP contribution is -2.36. The normalized spacial score (nSPS) is 13.2. The Labute approximate surface area is 215 Å². The number of fused-ring (bicyclic) bond motifs is 2. The van der Waals surface area contributed by atoms with E-state index >= 15 is 0 Å². The molecule has 0 saturated carbocycles. The number of rotatable bonds is 6. The Morgan fingerprint density at radius 3 is 2.78 bits per heavy atom. The largest absolute Gasteiger partial charge is 0.508 e. The van der Waals surface area contributed by atoms with Gasteiger partial charge in [-0.15, -0.1) is 0 Å². The molecule has 3 aromatic carbocycles. The number of phenolic OH excluding ortho intramolecular Hbond substituents is 1. The average molecular weight is 492 g/mol. The number of hydrogen-bond donors (Lipinski definition) is 3. The molecule has 0 fully saturated rings. The molecule has 7 heteroatoms. The van der Waals surface area contributed by atoms with Crippen LogP contribution in [0.3, 0.4) is 0 Å². The molecule has 1 aliphatic rings. The lowest BCUT2D eigenvalue weighted by Gasteiger charge is -2.26. The quantitative estimate of drug-likeness (QED) is 0.296. The summed E-state index contributed by atoms with van der Waals surface area (Å²) in [6, 6.07) is 21.9. The Morgan fingerprint density at radius 1 is 1.08 bits per heavy atom. The number of nitrogens with one attached hydrogen (secondary N) is 2. The topological polar surface area (TPSA) is 97.9 Å². The van der Waals surface area contributed by atoms with Crippen LogP contribution < -0.4 is 0 Å². The first-order chi connectivity index (χ1) is 18.1. The van der Waals surface area contributed by atoms with Crippen molar-refractivity contribution in [3.8, 4) is 28.4 Å². The van der Waals surface area contributed by atoms with Crippen LogP contribution in [0, 0.1) is 0 Å². The summed E-state index contributed by atoms with van der Waals surface area (Å²) in [4.78, 5) is 23.1. The Balaban J connectivity index is 1.21. The van der Waals surface area contributed by atoms with E-state index in [9.17, 15) is 9.90 Å². The van der Waals surface area contributed by atoms with Gasteiger partial charge in [-0.2, -0.15) is 5.10 Å². The van der Waals surface area contributed by atoms with Gasteiger partial charge in [-0.1, -0.05) is 49.4 Å². The van der Waals surface area contributed by atoms with Gasteiger partial charge < -0.3 is 15.0 Å². The molecule has 5 aromatic rings. The van der Waals surface area contributed by atoms with Gasteiger partial charge in [0.1, 0.15) is 11.4 Å². The molecule has 0 saturated heterocycles. The number of carbonyl (C=O) groups excluding carboxylic acids is 1. The number of nitrogens with zero attached hydrogens (tertiary/aromatic N) is 3. The molecule has 186 valence electrons. The summed E-state index contributed by atoms with van der Waals surface area (Å²) in [5, 5.41) is 18.6. The van der Waals surface area contributed by atoms with Crippen molar-refractivity contribution in [1.29, 1.82) is 0 Å². The number of carbonyl (C=O) groups is 1. The van der Waals surface area contributed by atoms with Crippen LogP contribution in [0.15, 0.2) is 66.7 Å². The van der Waals surface area contributed by atoms with Crippen molar-refractivity contribution < 1.29 is 9.90 Å². The lowest BCUT2D eigenvalue weighted by molar-refractivity contribution is -0.132. The molecule has 1 aliphatic heterocycles. The summed E-state index contributed by atoms with van der Waals surface area (Å²) in [5.41, 5.74) is 8.15. The molecule has 6 rings (SSSR count). The van der Waals surface area contributed by atoms with Gasteiger partial charge in [0.25, 0.3) is 0 Å². The highest BCUT2D eigenvalue weighted by molar-refractivity contribution is 5.94. The van der Waals surface area contributed by atoms with E-state index in [1.165, 1.54) is 5.56 Å². The molecular weight excluding hydrogens is 462 g/mol. The second-order valence-electron chi connectivity index (χ2n) is 9.59. The number of aromatic amines is 2. The molecule has 2 aromatic heterocycles. The third-order valence-electron chi connectivity index (χ3n) is 7.22. The summed E-state index contributed by atoms with van der Waals surface area (Å²) in [6.07, 6.45) is 2.83. The molecule has 7 nitrogen and oxygen atoms in total. The number of phenols is 1. The Hall–Kier alpha value is -4.39. The molecule has 0 unspecified atom stereocenters. The van der Waals surface area contributed by atoms with Crippen molar-refractivity contribution in [3.63, 3.8) is 0 Å². The van der Waals surface area contributed by atoms with E-state index in [1.54, 1.807) is 6.07 Å². The minimum absolute atomic E-state index is 0.170. The molecule has 3 N–H and O–H groups in total. The van der Waals surface area contributed by atoms with Crippen LogP contribution in [0.5, 0.6) is 5.75 Å². The standard InChI is InChI=1S/C30H29N5O2/c1-2-20-16-22(36)10-12-23(20)21-9-11-24-26(17-21)33-34-29(24)30-31-25-14-15-35(18-27(25)32-30)28(37)13-8-19-6-4-3-5-7-19/h3-7,9-12,16-17,36H,2,8,13-15,18H2,1H3,(H,31,32)(H,33,34). The van der Waals surface area contributed by atoms with Gasteiger partial charge in [0.2, 0.25) is 5.91 Å². The Bertz CT molecular complexity index is 1580. The first-order valence-corrected chi connectivity index (χ1v) is 12.8. The van der Waals surface area contributed by atoms with Crippen LogP contribution in [0.1, 0.15) is 35.9 Å². The first kappa shape index (κ1) is 23.0. The van der Waals surface area contributed by atoms with Crippen LogP contribution in [-0.4, -0.2) is 42.6 Å². The summed E-state index contributed by atoms with van der Waals surface area (Å²) >= 11 is 0. The second kappa shape index (κ2) is 9.58. The zero-order valence-corrected chi connectivity index (χ0v) is 20.8. The Kier molecular flexibility index (Phi) is 5.96. The third-order valence-corrected chi connectivity index (χ3v) is 7.22. The van der Waals surface area contributed by atoms with E-state index in [-0.39, 0.29) is 11.7 Å². The average Bonchev–Trinajstić information content (AvgIpc) is 3.55. The van der Waals surface area contributed by atoms with E-state index < -0.39 is 0 Å². The highest BCUT2D eigenvalue weighted by Gasteiger charge is 2.25. The van der Waals surface area contributed by atoms with Crippen LogP contribution in [-0.2, 0) is 30.6 Å². The minimum atomic E-state index is 0.170. The van der Waals surface area contributed by atoms with Crippen molar-refractivity contribution >= 4 is 16.8 Å². The number of benzene rings is 3. The maximum absolute atomic E-state index is 12.9. The van der Waals surface area contributed by atoms with E-state index in [0.29, 0.717) is 19.5 Å². The van der Waals surface area contributed by atoms with Gasteiger partial charge >= 0.3 is 0 Å². The number of hydrogen-bond acceptors (Lipinski definition) is 4. The molecule has 1 amide bonds. The number of H-pyrrole nitrogens is 2. The van der Waals surface area contributed by atoms with Gasteiger partial charge in [-0.25, -0.2) is 4.98 Å². The fourth-order valence-electron chi connectivity index (χ4n) is 5.19. The van der Waals surface area contributed by atoms with Gasteiger partial charge in [0, 0.05) is 24.8 Å². The molecule has 0 radical (unpaired) electrons. The summed E-state index contributed by atoms with van der Waals surface area (Å²) in [5.74, 6) is 1.18. The zero-order chi connectivity index (χ0) is 25.4. The smallest absolute Gasteiger partial charge is 0.223 e. The maximum Gasteiger partial charge on any atom is 0.223 e. The van der Waals surface area contributed by atoms with Crippen LogP contribution in [0.25, 0.3) is 33.5 Å². The van der Waals surface area contributed by atoms with Crippen molar-refractivity contribution in [2.75, 3.05) is 6.54 Å². The number of aryl methyl sites for hydroxylation is 2. The van der Waals surface area contributed by atoms with Gasteiger partial charge in [-0.3, -0.25) is 9.89 Å². The van der Waals surface area contributed by atoms with Crippen molar-refractivity contribution in [2.45, 2.75) is 39.2 Å². The fourth-order valence-corrected chi connectivity index (χ4v) is 5.19. The van der Waals surface area contributed by atoms with Crippen LogP contribution in [0.4, 0.5) is 0 Å². The number of imidazole rings is 1. The molecule has 0 aliphatic carbocycles. The molecule has 0 bridgehead atoms. The predicted molar refractivity (Wildman–Crippen MR) is 144 cm³/mol.